The van der Waals surface area contributed by atoms with Gasteiger partial charge in [-0.05, 0) is 44.5 Å². The highest BCUT2D eigenvalue weighted by Gasteiger charge is 2.15. The monoisotopic (exact) mass is 482 g/mol. The second kappa shape index (κ2) is 10.9. The van der Waals surface area contributed by atoms with Gasteiger partial charge in [0.2, 0.25) is 10.0 Å². The lowest BCUT2D eigenvalue weighted by Crippen LogP contribution is -2.41. The quantitative estimate of drug-likeness (QED) is 0.311. The highest BCUT2D eigenvalue weighted by Crippen LogP contribution is 2.12. The Balaban J connectivity index is 0.00000312. The zero-order valence-electron chi connectivity index (χ0n) is 14.6. The number of ether oxygens (including phenoxy) is 1. The molecule has 142 valence electrons. The maximum Gasteiger partial charge on any atom is 0.240 e. The molecule has 1 aromatic carbocycles. The molecular weight excluding hydrogens is 455 g/mol. The lowest BCUT2D eigenvalue weighted by atomic mass is 10.2. The van der Waals surface area contributed by atoms with Gasteiger partial charge in [0.05, 0.1) is 17.5 Å². The van der Waals surface area contributed by atoms with Crippen molar-refractivity contribution in [1.82, 2.24) is 15.4 Å². The lowest BCUT2D eigenvalue weighted by molar-refractivity contribution is 0.114. The third-order valence-electron chi connectivity index (χ3n) is 3.76. The van der Waals surface area contributed by atoms with E-state index in [0.717, 1.165) is 38.1 Å². The Hall–Kier alpha value is -0.910. The number of hydrogen-bond donors (Lipinski definition) is 3. The Morgan fingerprint density at radius 1 is 1.36 bits per heavy atom. The van der Waals surface area contributed by atoms with E-state index in [1.165, 1.54) is 7.05 Å². The van der Waals surface area contributed by atoms with Crippen LogP contribution >= 0.6 is 24.0 Å². The minimum Gasteiger partial charge on any atom is -0.376 e. The van der Waals surface area contributed by atoms with Crippen LogP contribution in [0, 0.1) is 0 Å². The summed E-state index contributed by atoms with van der Waals surface area (Å²) in [5.74, 6) is 0.704. The molecule has 25 heavy (non-hydrogen) atoms. The van der Waals surface area contributed by atoms with E-state index in [-0.39, 0.29) is 35.0 Å². The molecule has 0 amide bonds. The van der Waals surface area contributed by atoms with Gasteiger partial charge in [-0.1, -0.05) is 12.1 Å². The fourth-order valence-electron chi connectivity index (χ4n) is 2.46. The van der Waals surface area contributed by atoms with E-state index in [2.05, 4.69) is 20.3 Å². The van der Waals surface area contributed by atoms with Gasteiger partial charge in [-0.25, -0.2) is 18.1 Å². The van der Waals surface area contributed by atoms with Gasteiger partial charge in [-0.3, -0.25) is 0 Å². The first-order valence-corrected chi connectivity index (χ1v) is 9.69. The van der Waals surface area contributed by atoms with Gasteiger partial charge in [-0.2, -0.15) is 0 Å². The van der Waals surface area contributed by atoms with Crippen molar-refractivity contribution in [2.24, 2.45) is 4.99 Å². The van der Waals surface area contributed by atoms with Gasteiger partial charge in [0.1, 0.15) is 0 Å². The molecule has 1 fully saturated rings. The summed E-state index contributed by atoms with van der Waals surface area (Å²) < 4.78 is 31.6. The smallest absolute Gasteiger partial charge is 0.240 e. The van der Waals surface area contributed by atoms with E-state index in [0.29, 0.717) is 12.5 Å². The zero-order valence-corrected chi connectivity index (χ0v) is 17.8. The molecule has 0 saturated carbocycles. The number of sulfonamides is 1. The lowest BCUT2D eigenvalue weighted by Gasteiger charge is -2.14. The highest BCUT2D eigenvalue weighted by atomic mass is 127. The zero-order chi connectivity index (χ0) is 17.4. The van der Waals surface area contributed by atoms with Crippen molar-refractivity contribution in [2.45, 2.75) is 37.3 Å². The normalized spacial score (nSPS) is 17.8. The molecule has 0 bridgehead atoms. The number of nitrogens with zero attached hydrogens (tertiary/aromatic N) is 1. The molecule has 1 aromatic rings. The largest absolute Gasteiger partial charge is 0.376 e. The molecular formula is C16H27IN4O3S. The molecule has 0 aromatic heterocycles. The van der Waals surface area contributed by atoms with E-state index in [4.69, 9.17) is 4.74 Å². The first kappa shape index (κ1) is 22.1. The number of hydrogen-bond acceptors (Lipinski definition) is 4. The minimum atomic E-state index is -3.44. The third-order valence-corrected chi connectivity index (χ3v) is 5.17. The summed E-state index contributed by atoms with van der Waals surface area (Å²) in [5, 5.41) is 6.46. The SMILES string of the molecule is CCNC(=NCc1cccc(S(=O)(=O)NC)c1)NCC1CCCO1.I. The summed E-state index contributed by atoms with van der Waals surface area (Å²) in [6.45, 7) is 4.70. The van der Waals surface area contributed by atoms with Gasteiger partial charge in [0.25, 0.3) is 0 Å². The molecule has 2 rings (SSSR count). The van der Waals surface area contributed by atoms with Crippen LogP contribution in [0.4, 0.5) is 0 Å². The molecule has 0 radical (unpaired) electrons. The van der Waals surface area contributed by atoms with Crippen molar-refractivity contribution in [3.8, 4) is 0 Å². The Morgan fingerprint density at radius 3 is 2.80 bits per heavy atom. The van der Waals surface area contributed by atoms with Crippen LogP contribution in [0.25, 0.3) is 0 Å². The first-order valence-electron chi connectivity index (χ1n) is 8.21. The number of benzene rings is 1. The topological polar surface area (TPSA) is 91.8 Å². The van der Waals surface area contributed by atoms with Crippen LogP contribution < -0.4 is 15.4 Å². The number of aliphatic imine (C=N–C) groups is 1. The third kappa shape index (κ3) is 7.08. The Labute approximate surface area is 167 Å². The minimum absolute atomic E-state index is 0. The predicted octanol–water partition coefficient (Wildman–Crippen LogP) is 1.45. The molecule has 0 aliphatic carbocycles. The maximum atomic E-state index is 11.9. The van der Waals surface area contributed by atoms with Crippen LogP contribution in [0.15, 0.2) is 34.2 Å². The summed E-state index contributed by atoms with van der Waals surface area (Å²) in [4.78, 5) is 4.76. The van der Waals surface area contributed by atoms with Crippen molar-refractivity contribution < 1.29 is 13.2 Å². The molecule has 1 unspecified atom stereocenters. The molecule has 1 aliphatic heterocycles. The molecule has 0 spiro atoms. The standard InChI is InChI=1S/C16H26N4O3S.HI/c1-3-18-16(20-12-14-7-5-9-23-14)19-11-13-6-4-8-15(10-13)24(21,22)17-2;/h4,6,8,10,14,17H,3,5,7,9,11-12H2,1-2H3,(H2,18,19,20);1H. The van der Waals surface area contributed by atoms with Crippen molar-refractivity contribution in [3.63, 3.8) is 0 Å². The van der Waals surface area contributed by atoms with Crippen LogP contribution in [-0.4, -0.2) is 47.2 Å². The van der Waals surface area contributed by atoms with E-state index >= 15 is 0 Å². The Kier molecular flexibility index (Phi) is 9.69. The molecule has 1 saturated heterocycles. The van der Waals surface area contributed by atoms with Gasteiger partial charge in [0.15, 0.2) is 5.96 Å². The molecule has 1 aliphatic rings. The van der Waals surface area contributed by atoms with E-state index in [1.54, 1.807) is 18.2 Å². The second-order valence-corrected chi connectivity index (χ2v) is 7.45. The highest BCUT2D eigenvalue weighted by molar-refractivity contribution is 14.0. The number of nitrogens with one attached hydrogen (secondary N) is 3. The fraction of sp³-hybridized carbons (Fsp3) is 0.562. The van der Waals surface area contributed by atoms with Crippen molar-refractivity contribution >= 4 is 40.0 Å². The Morgan fingerprint density at radius 2 is 2.16 bits per heavy atom. The summed E-state index contributed by atoms with van der Waals surface area (Å²) >= 11 is 0. The van der Waals surface area contributed by atoms with Crippen LogP contribution in [0.3, 0.4) is 0 Å². The fourth-order valence-corrected chi connectivity index (χ4v) is 3.26. The molecule has 7 nitrogen and oxygen atoms in total. The van der Waals surface area contributed by atoms with Gasteiger partial charge >= 0.3 is 0 Å². The van der Waals surface area contributed by atoms with Gasteiger partial charge in [-0.15, -0.1) is 24.0 Å². The number of guanidine groups is 1. The average Bonchev–Trinajstić information content (AvgIpc) is 3.11. The van der Waals surface area contributed by atoms with Gasteiger partial charge < -0.3 is 15.4 Å². The van der Waals surface area contributed by atoms with E-state index in [1.807, 2.05) is 13.0 Å². The number of rotatable bonds is 7. The van der Waals surface area contributed by atoms with Crippen molar-refractivity contribution in [1.29, 1.82) is 0 Å². The Bertz CT molecular complexity index is 661. The predicted molar refractivity (Wildman–Crippen MR) is 110 cm³/mol. The summed E-state index contributed by atoms with van der Waals surface area (Å²) in [6.07, 6.45) is 2.40. The van der Waals surface area contributed by atoms with Crippen LogP contribution in [0.2, 0.25) is 0 Å². The van der Waals surface area contributed by atoms with Crippen molar-refractivity contribution in [3.05, 3.63) is 29.8 Å². The van der Waals surface area contributed by atoms with E-state index < -0.39 is 10.0 Å². The van der Waals surface area contributed by atoms with Gasteiger partial charge in [0, 0.05) is 19.7 Å². The summed E-state index contributed by atoms with van der Waals surface area (Å²) in [5.41, 5.74) is 0.834. The number of halogens is 1. The van der Waals surface area contributed by atoms with Crippen LogP contribution in [0.5, 0.6) is 0 Å². The van der Waals surface area contributed by atoms with Crippen LogP contribution in [-0.2, 0) is 21.3 Å². The average molecular weight is 482 g/mol. The van der Waals surface area contributed by atoms with E-state index in [9.17, 15) is 8.42 Å². The molecule has 3 N–H and O–H groups in total. The molecule has 9 heteroatoms. The summed E-state index contributed by atoms with van der Waals surface area (Å²) in [7, 11) is -2.04. The maximum absolute atomic E-state index is 11.9. The second-order valence-electron chi connectivity index (χ2n) is 5.57. The first-order chi connectivity index (χ1) is 11.5. The van der Waals surface area contributed by atoms with Crippen LogP contribution in [0.1, 0.15) is 25.3 Å². The summed E-state index contributed by atoms with van der Waals surface area (Å²) in [6, 6.07) is 6.79. The molecule has 1 heterocycles. The van der Waals surface area contributed by atoms with Crippen molar-refractivity contribution in [2.75, 3.05) is 26.7 Å². The molecule has 1 atom stereocenters.